The molecule has 0 N–H and O–H groups in total. The Hall–Kier alpha value is -1.58. The highest BCUT2D eigenvalue weighted by atomic mass is 35.5. The summed E-state index contributed by atoms with van der Waals surface area (Å²) in [5.74, 6) is -0.0643. The van der Waals surface area contributed by atoms with Crippen molar-refractivity contribution in [3.63, 3.8) is 0 Å². The minimum Gasteiger partial charge on any atom is -0.334 e. The van der Waals surface area contributed by atoms with E-state index in [4.69, 9.17) is 23.2 Å². The Morgan fingerprint density at radius 3 is 2.70 bits per heavy atom. The molecule has 0 atom stereocenters. The van der Waals surface area contributed by atoms with Gasteiger partial charge < -0.3 is 4.90 Å². The van der Waals surface area contributed by atoms with Gasteiger partial charge in [-0.05, 0) is 23.6 Å². The van der Waals surface area contributed by atoms with Crippen LogP contribution in [-0.4, -0.2) is 22.3 Å². The van der Waals surface area contributed by atoms with Crippen LogP contribution >= 0.6 is 23.2 Å². The van der Waals surface area contributed by atoms with Crippen LogP contribution in [0.15, 0.2) is 36.5 Å². The van der Waals surface area contributed by atoms with Gasteiger partial charge in [0.25, 0.3) is 5.91 Å². The summed E-state index contributed by atoms with van der Waals surface area (Å²) in [7, 11) is 0. The lowest BCUT2D eigenvalue weighted by molar-refractivity contribution is 0.0734. The molecule has 0 bridgehead atoms. The number of carbonyl (C=O) groups is 1. The van der Waals surface area contributed by atoms with E-state index in [1.165, 1.54) is 17.3 Å². The summed E-state index contributed by atoms with van der Waals surface area (Å²) in [5, 5.41) is 0.516. The van der Waals surface area contributed by atoms with Crippen molar-refractivity contribution < 1.29 is 4.79 Å². The van der Waals surface area contributed by atoms with Crippen LogP contribution in [0, 0.1) is 0 Å². The average molecular weight is 307 g/mol. The predicted molar refractivity (Wildman–Crippen MR) is 79.1 cm³/mol. The van der Waals surface area contributed by atoms with Crippen LogP contribution in [-0.2, 0) is 13.0 Å². The third-order valence-corrected chi connectivity index (χ3v) is 4.15. The number of halogens is 2. The van der Waals surface area contributed by atoms with Crippen molar-refractivity contribution in [3.05, 3.63) is 63.4 Å². The molecule has 1 aromatic heterocycles. The van der Waals surface area contributed by atoms with Crippen molar-refractivity contribution in [2.75, 3.05) is 6.54 Å². The second-order valence-electron chi connectivity index (χ2n) is 4.74. The molecule has 102 valence electrons. The van der Waals surface area contributed by atoms with Gasteiger partial charge in [0.05, 0.1) is 10.6 Å². The fourth-order valence-electron chi connectivity index (χ4n) is 2.39. The van der Waals surface area contributed by atoms with E-state index >= 15 is 0 Å². The molecule has 0 aliphatic carbocycles. The number of hydrogen-bond acceptors (Lipinski definition) is 2. The number of nitrogens with zero attached hydrogens (tertiary/aromatic N) is 2. The summed E-state index contributed by atoms with van der Waals surface area (Å²) >= 11 is 11.7. The zero-order valence-corrected chi connectivity index (χ0v) is 12.2. The zero-order valence-electron chi connectivity index (χ0n) is 10.6. The minimum absolute atomic E-state index is 0.0643. The molecule has 1 aliphatic rings. The van der Waals surface area contributed by atoms with Crippen LogP contribution in [0.4, 0.5) is 0 Å². The topological polar surface area (TPSA) is 33.2 Å². The van der Waals surface area contributed by atoms with E-state index in [9.17, 15) is 4.79 Å². The molecule has 0 unspecified atom stereocenters. The number of pyridine rings is 1. The van der Waals surface area contributed by atoms with Crippen LogP contribution < -0.4 is 0 Å². The molecule has 0 spiro atoms. The summed E-state index contributed by atoms with van der Waals surface area (Å²) < 4.78 is 0. The molecular weight excluding hydrogens is 295 g/mol. The lowest BCUT2D eigenvalue weighted by Gasteiger charge is -2.28. The first kappa shape index (κ1) is 13.4. The molecule has 20 heavy (non-hydrogen) atoms. The molecule has 5 heteroatoms. The molecule has 0 radical (unpaired) electrons. The second kappa shape index (κ2) is 5.43. The summed E-state index contributed by atoms with van der Waals surface area (Å²) in [5.41, 5.74) is 2.97. The zero-order chi connectivity index (χ0) is 14.1. The van der Waals surface area contributed by atoms with E-state index in [2.05, 4.69) is 17.1 Å². The summed E-state index contributed by atoms with van der Waals surface area (Å²) in [6, 6.07) is 9.76. The molecule has 3 rings (SSSR count). The molecule has 0 fully saturated rings. The average Bonchev–Trinajstić information content (AvgIpc) is 2.49. The van der Waals surface area contributed by atoms with Crippen molar-refractivity contribution in [2.45, 2.75) is 13.0 Å². The molecule has 1 amide bonds. The van der Waals surface area contributed by atoms with Gasteiger partial charge in [0.15, 0.2) is 0 Å². The Morgan fingerprint density at radius 2 is 1.95 bits per heavy atom. The molecule has 1 aliphatic heterocycles. The fourth-order valence-corrected chi connectivity index (χ4v) is 2.66. The van der Waals surface area contributed by atoms with E-state index in [0.29, 0.717) is 23.7 Å². The number of fused-ring (bicyclic) bond motifs is 1. The van der Waals surface area contributed by atoms with Crippen molar-refractivity contribution >= 4 is 29.1 Å². The summed E-state index contributed by atoms with van der Waals surface area (Å²) in [6.45, 7) is 1.32. The number of rotatable bonds is 1. The molecule has 1 aromatic carbocycles. The predicted octanol–water partition coefficient (Wildman–Crippen LogP) is 3.59. The lowest BCUT2D eigenvalue weighted by atomic mass is 9.99. The van der Waals surface area contributed by atoms with Gasteiger partial charge in [-0.25, -0.2) is 4.98 Å². The smallest absolute Gasteiger partial charge is 0.255 e. The maximum atomic E-state index is 12.5. The molecular formula is C15H12Cl2N2O. The van der Waals surface area contributed by atoms with Gasteiger partial charge in [-0.1, -0.05) is 47.5 Å². The molecule has 2 aromatic rings. The highest BCUT2D eigenvalue weighted by Crippen LogP contribution is 2.23. The first-order valence-corrected chi connectivity index (χ1v) is 7.08. The van der Waals surface area contributed by atoms with Gasteiger partial charge in [-0.3, -0.25) is 4.79 Å². The maximum absolute atomic E-state index is 12.5. The number of hydrogen-bond donors (Lipinski definition) is 0. The van der Waals surface area contributed by atoms with Gasteiger partial charge in [-0.2, -0.15) is 0 Å². The fraction of sp³-hybridized carbons (Fsp3) is 0.200. The Labute approximate surface area is 127 Å². The largest absolute Gasteiger partial charge is 0.334 e. The first-order valence-electron chi connectivity index (χ1n) is 6.32. The van der Waals surface area contributed by atoms with Gasteiger partial charge in [-0.15, -0.1) is 0 Å². The quantitative estimate of drug-likeness (QED) is 0.754. The van der Waals surface area contributed by atoms with Crippen LogP contribution in [0.2, 0.25) is 10.2 Å². The second-order valence-corrected chi connectivity index (χ2v) is 5.51. The number of aromatic nitrogens is 1. The van der Waals surface area contributed by atoms with Gasteiger partial charge in [0.1, 0.15) is 5.15 Å². The molecule has 2 heterocycles. The van der Waals surface area contributed by atoms with E-state index in [1.54, 1.807) is 6.07 Å². The number of carbonyl (C=O) groups excluding carboxylic acids is 1. The summed E-state index contributed by atoms with van der Waals surface area (Å²) in [4.78, 5) is 18.2. The normalized spacial score (nSPS) is 14.0. The van der Waals surface area contributed by atoms with E-state index < -0.39 is 0 Å². The van der Waals surface area contributed by atoms with Crippen LogP contribution in [0.25, 0.3) is 0 Å². The SMILES string of the molecule is O=C(c1cnc(Cl)c(Cl)c1)N1CCc2ccccc2C1. The number of amides is 1. The molecule has 0 saturated heterocycles. The van der Waals surface area contributed by atoms with Gasteiger partial charge >= 0.3 is 0 Å². The number of benzene rings is 1. The van der Waals surface area contributed by atoms with Gasteiger partial charge in [0, 0.05) is 19.3 Å². The van der Waals surface area contributed by atoms with E-state index in [0.717, 1.165) is 6.42 Å². The lowest BCUT2D eigenvalue weighted by Crippen LogP contribution is -2.36. The van der Waals surface area contributed by atoms with Crippen LogP contribution in [0.3, 0.4) is 0 Å². The van der Waals surface area contributed by atoms with Crippen molar-refractivity contribution in [2.24, 2.45) is 0 Å². The van der Waals surface area contributed by atoms with Crippen molar-refractivity contribution in [3.8, 4) is 0 Å². The minimum atomic E-state index is -0.0643. The Bertz CT molecular complexity index is 673. The van der Waals surface area contributed by atoms with Gasteiger partial charge in [0.2, 0.25) is 0 Å². The first-order chi connectivity index (χ1) is 9.65. The van der Waals surface area contributed by atoms with Crippen molar-refractivity contribution in [1.29, 1.82) is 0 Å². The Balaban J connectivity index is 1.84. The molecule has 0 saturated carbocycles. The van der Waals surface area contributed by atoms with Crippen LogP contribution in [0.5, 0.6) is 0 Å². The summed E-state index contributed by atoms with van der Waals surface area (Å²) in [6.07, 6.45) is 2.34. The highest BCUT2D eigenvalue weighted by molar-refractivity contribution is 6.41. The third kappa shape index (κ3) is 2.51. The maximum Gasteiger partial charge on any atom is 0.255 e. The van der Waals surface area contributed by atoms with E-state index in [1.807, 2.05) is 17.0 Å². The monoisotopic (exact) mass is 306 g/mol. The highest BCUT2D eigenvalue weighted by Gasteiger charge is 2.22. The standard InChI is InChI=1S/C15H12Cl2N2O/c16-13-7-12(8-18-14(13)17)15(20)19-6-5-10-3-1-2-4-11(10)9-19/h1-4,7-8H,5-6,9H2. The van der Waals surface area contributed by atoms with E-state index in [-0.39, 0.29) is 11.1 Å². The molecule has 3 nitrogen and oxygen atoms in total. The van der Waals surface area contributed by atoms with Crippen LogP contribution in [0.1, 0.15) is 21.5 Å². The Kier molecular flexibility index (Phi) is 3.64. The van der Waals surface area contributed by atoms with Crippen molar-refractivity contribution in [1.82, 2.24) is 9.88 Å². The third-order valence-electron chi connectivity index (χ3n) is 3.46. The Morgan fingerprint density at radius 1 is 1.20 bits per heavy atom.